The van der Waals surface area contributed by atoms with Crippen LogP contribution in [-0.2, 0) is 7.05 Å². The Hall–Kier alpha value is -2.70. The number of nitrogens with two attached hydrogens (primary N) is 1. The second-order valence-electron chi connectivity index (χ2n) is 3.89. The number of tetrazole rings is 1. The van der Waals surface area contributed by atoms with Gasteiger partial charge in [0.2, 0.25) is 0 Å². The molecule has 0 unspecified atom stereocenters. The van der Waals surface area contributed by atoms with Gasteiger partial charge in [-0.15, -0.1) is 5.10 Å². The van der Waals surface area contributed by atoms with E-state index in [0.717, 1.165) is 5.56 Å². The second-order valence-corrected chi connectivity index (χ2v) is 3.89. The SMILES string of the molecule is Cn1ccc(-n2nnnc2-c2cccc(N)c2)n1. The molecule has 0 saturated carbocycles. The predicted octanol–water partition coefficient (Wildman–Crippen LogP) is 0.645. The molecule has 0 spiro atoms. The van der Waals surface area contributed by atoms with E-state index in [1.807, 2.05) is 43.6 Å². The van der Waals surface area contributed by atoms with Crippen LogP contribution in [0.2, 0.25) is 0 Å². The van der Waals surface area contributed by atoms with Gasteiger partial charge in [0.05, 0.1) is 0 Å². The van der Waals surface area contributed by atoms with Crippen molar-refractivity contribution in [3.8, 4) is 17.2 Å². The van der Waals surface area contributed by atoms with Gasteiger partial charge in [-0.1, -0.05) is 12.1 Å². The Balaban J connectivity index is 2.12. The van der Waals surface area contributed by atoms with Crippen molar-refractivity contribution in [3.05, 3.63) is 36.5 Å². The number of hydrogen-bond acceptors (Lipinski definition) is 5. The summed E-state index contributed by atoms with van der Waals surface area (Å²) in [6.45, 7) is 0. The van der Waals surface area contributed by atoms with Crippen LogP contribution < -0.4 is 5.73 Å². The highest BCUT2D eigenvalue weighted by Crippen LogP contribution is 2.20. The number of aryl methyl sites for hydroxylation is 1. The largest absolute Gasteiger partial charge is 0.399 e. The molecule has 0 bridgehead atoms. The Morgan fingerprint density at radius 2 is 2.11 bits per heavy atom. The van der Waals surface area contributed by atoms with Crippen molar-refractivity contribution in [2.24, 2.45) is 7.05 Å². The summed E-state index contributed by atoms with van der Waals surface area (Å²) in [5.41, 5.74) is 7.28. The first kappa shape index (κ1) is 10.5. The molecule has 0 aliphatic carbocycles. The maximum atomic E-state index is 5.76. The van der Waals surface area contributed by atoms with Gasteiger partial charge in [0.1, 0.15) is 0 Å². The molecule has 2 heterocycles. The normalized spacial score (nSPS) is 10.7. The molecule has 7 nitrogen and oxygen atoms in total. The summed E-state index contributed by atoms with van der Waals surface area (Å²) in [7, 11) is 1.84. The highest BCUT2D eigenvalue weighted by atomic mass is 15.6. The summed E-state index contributed by atoms with van der Waals surface area (Å²) < 4.78 is 3.27. The van der Waals surface area contributed by atoms with Crippen molar-refractivity contribution in [1.82, 2.24) is 30.0 Å². The fourth-order valence-corrected chi connectivity index (χ4v) is 1.71. The number of benzene rings is 1. The summed E-state index contributed by atoms with van der Waals surface area (Å²) >= 11 is 0. The van der Waals surface area contributed by atoms with E-state index in [0.29, 0.717) is 17.3 Å². The van der Waals surface area contributed by atoms with Crippen molar-refractivity contribution in [1.29, 1.82) is 0 Å². The summed E-state index contributed by atoms with van der Waals surface area (Å²) in [6, 6.07) is 9.25. The Morgan fingerprint density at radius 3 is 2.83 bits per heavy atom. The van der Waals surface area contributed by atoms with E-state index < -0.39 is 0 Å². The molecular formula is C11H11N7. The number of rotatable bonds is 2. The molecule has 0 radical (unpaired) electrons. The molecule has 90 valence electrons. The van der Waals surface area contributed by atoms with Gasteiger partial charge in [-0.2, -0.15) is 9.78 Å². The third-order valence-electron chi connectivity index (χ3n) is 2.53. The fraction of sp³-hybridized carbons (Fsp3) is 0.0909. The Labute approximate surface area is 103 Å². The molecule has 0 amide bonds. The average molecular weight is 241 g/mol. The lowest BCUT2D eigenvalue weighted by Crippen LogP contribution is -2.02. The van der Waals surface area contributed by atoms with Gasteiger partial charge in [-0.25, -0.2) is 0 Å². The molecule has 7 heteroatoms. The minimum Gasteiger partial charge on any atom is -0.399 e. The maximum Gasteiger partial charge on any atom is 0.189 e. The van der Waals surface area contributed by atoms with Gasteiger partial charge < -0.3 is 5.73 Å². The van der Waals surface area contributed by atoms with E-state index in [1.54, 1.807) is 9.36 Å². The van der Waals surface area contributed by atoms with Gasteiger partial charge >= 0.3 is 0 Å². The average Bonchev–Trinajstić information content (AvgIpc) is 2.96. The van der Waals surface area contributed by atoms with E-state index >= 15 is 0 Å². The van der Waals surface area contributed by atoms with Crippen molar-refractivity contribution in [2.45, 2.75) is 0 Å². The van der Waals surface area contributed by atoms with Crippen molar-refractivity contribution < 1.29 is 0 Å². The van der Waals surface area contributed by atoms with Crippen LogP contribution in [0.25, 0.3) is 17.2 Å². The lowest BCUT2D eigenvalue weighted by Gasteiger charge is -2.02. The van der Waals surface area contributed by atoms with Gasteiger partial charge in [0, 0.05) is 30.6 Å². The molecule has 0 aliphatic heterocycles. The summed E-state index contributed by atoms with van der Waals surface area (Å²) in [5, 5.41) is 15.9. The van der Waals surface area contributed by atoms with Crippen LogP contribution in [0.4, 0.5) is 5.69 Å². The molecule has 0 saturated heterocycles. The quantitative estimate of drug-likeness (QED) is 0.665. The zero-order chi connectivity index (χ0) is 12.5. The van der Waals surface area contributed by atoms with Gasteiger partial charge in [-0.05, 0) is 22.6 Å². The zero-order valence-corrected chi connectivity index (χ0v) is 9.72. The van der Waals surface area contributed by atoms with Crippen LogP contribution in [0.15, 0.2) is 36.5 Å². The summed E-state index contributed by atoms with van der Waals surface area (Å²) in [6.07, 6.45) is 1.83. The molecular weight excluding hydrogens is 230 g/mol. The molecule has 1 aromatic carbocycles. The Morgan fingerprint density at radius 1 is 1.22 bits per heavy atom. The highest BCUT2D eigenvalue weighted by molar-refractivity contribution is 5.61. The third-order valence-corrected chi connectivity index (χ3v) is 2.53. The third kappa shape index (κ3) is 1.71. The fourth-order valence-electron chi connectivity index (χ4n) is 1.71. The van der Waals surface area contributed by atoms with Crippen molar-refractivity contribution in [3.63, 3.8) is 0 Å². The predicted molar refractivity (Wildman–Crippen MR) is 65.8 cm³/mol. The van der Waals surface area contributed by atoms with E-state index in [2.05, 4.69) is 20.6 Å². The van der Waals surface area contributed by atoms with E-state index in [-0.39, 0.29) is 0 Å². The first-order valence-corrected chi connectivity index (χ1v) is 5.38. The smallest absolute Gasteiger partial charge is 0.189 e. The molecule has 0 fully saturated rings. The molecule has 0 aliphatic rings. The minimum atomic E-state index is 0.612. The van der Waals surface area contributed by atoms with Gasteiger partial charge in [-0.3, -0.25) is 4.68 Å². The number of hydrogen-bond donors (Lipinski definition) is 1. The lowest BCUT2D eigenvalue weighted by atomic mass is 10.2. The van der Waals surface area contributed by atoms with Gasteiger partial charge in [0.25, 0.3) is 0 Å². The van der Waals surface area contributed by atoms with Crippen LogP contribution in [0.5, 0.6) is 0 Å². The summed E-state index contributed by atoms with van der Waals surface area (Å²) in [5.74, 6) is 1.28. The van der Waals surface area contributed by atoms with E-state index in [9.17, 15) is 0 Å². The Bertz CT molecular complexity index is 682. The first-order chi connectivity index (χ1) is 8.74. The van der Waals surface area contributed by atoms with Gasteiger partial charge in [0.15, 0.2) is 11.6 Å². The molecule has 2 N–H and O–H groups in total. The lowest BCUT2D eigenvalue weighted by molar-refractivity contribution is 0.715. The maximum absolute atomic E-state index is 5.76. The second kappa shape index (κ2) is 3.95. The Kier molecular flexibility index (Phi) is 2.30. The zero-order valence-electron chi connectivity index (χ0n) is 9.72. The molecule has 3 rings (SSSR count). The van der Waals surface area contributed by atoms with Crippen LogP contribution in [0, 0.1) is 0 Å². The topological polar surface area (TPSA) is 87.4 Å². The van der Waals surface area contributed by atoms with E-state index in [4.69, 9.17) is 5.73 Å². The van der Waals surface area contributed by atoms with Crippen LogP contribution in [-0.4, -0.2) is 30.0 Å². The molecule has 2 aromatic heterocycles. The van der Waals surface area contributed by atoms with Crippen LogP contribution in [0.1, 0.15) is 0 Å². The minimum absolute atomic E-state index is 0.612. The van der Waals surface area contributed by atoms with E-state index in [1.165, 1.54) is 0 Å². The van der Waals surface area contributed by atoms with Crippen LogP contribution in [0.3, 0.4) is 0 Å². The number of anilines is 1. The molecule has 18 heavy (non-hydrogen) atoms. The number of nitrogens with zero attached hydrogens (tertiary/aromatic N) is 6. The van der Waals surface area contributed by atoms with Crippen molar-refractivity contribution >= 4 is 5.69 Å². The number of nitrogen functional groups attached to an aromatic ring is 1. The molecule has 3 aromatic rings. The molecule has 0 atom stereocenters. The monoisotopic (exact) mass is 241 g/mol. The number of aromatic nitrogens is 6. The summed E-state index contributed by atoms with van der Waals surface area (Å²) in [4.78, 5) is 0. The standard InChI is InChI=1S/C11H11N7/c1-17-6-5-10(14-17)18-11(13-15-16-18)8-3-2-4-9(12)7-8/h2-7H,12H2,1H3. The van der Waals surface area contributed by atoms with Crippen molar-refractivity contribution in [2.75, 3.05) is 5.73 Å². The van der Waals surface area contributed by atoms with Crippen LogP contribution >= 0.6 is 0 Å². The first-order valence-electron chi connectivity index (χ1n) is 5.38. The highest BCUT2D eigenvalue weighted by Gasteiger charge is 2.12.